The fourth-order valence-electron chi connectivity index (χ4n) is 1.36. The van der Waals surface area contributed by atoms with Crippen molar-refractivity contribution in [2.45, 2.75) is 12.5 Å². The topological polar surface area (TPSA) is 156 Å². The number of aromatic amines is 1. The van der Waals surface area contributed by atoms with E-state index in [2.05, 4.69) is 15.0 Å². The van der Waals surface area contributed by atoms with Crippen molar-refractivity contribution >= 4 is 11.7 Å². The molecule has 8 N–H and O–H groups in total. The normalized spacial score (nSPS) is 14.5. The predicted octanol–water partition coefficient (Wildman–Crippen LogP) is -2.00. The molecule has 0 aliphatic carbocycles. The Morgan fingerprint density at radius 3 is 2.78 bits per heavy atom. The number of aliphatic hydroxyl groups excluding tert-OH is 1. The Hall–Kier alpha value is -2.35. The molecule has 1 aromatic heterocycles. The van der Waals surface area contributed by atoms with E-state index in [9.17, 15) is 9.90 Å². The molecule has 8 heteroatoms. The molecule has 0 aromatic carbocycles. The number of nitrogens with two attached hydrogens (primary N) is 3. The van der Waals surface area contributed by atoms with Crippen molar-refractivity contribution in [1.82, 2.24) is 9.97 Å². The smallest absolute Gasteiger partial charge is 0.253 e. The quantitative estimate of drug-likeness (QED) is 0.225. The monoisotopic (exact) mass is 252 g/mol. The maximum Gasteiger partial charge on any atom is 0.253 e. The highest BCUT2D eigenvalue weighted by Gasteiger charge is 2.13. The Balaban J connectivity index is 2.80. The fourth-order valence-corrected chi connectivity index (χ4v) is 1.36. The highest BCUT2D eigenvalue weighted by Crippen LogP contribution is 2.03. The van der Waals surface area contributed by atoms with Crippen molar-refractivity contribution in [3.63, 3.8) is 0 Å². The van der Waals surface area contributed by atoms with Crippen LogP contribution in [0.4, 0.5) is 0 Å². The lowest BCUT2D eigenvalue weighted by Gasteiger charge is -2.10. The lowest BCUT2D eigenvalue weighted by atomic mass is 10.1. The molecule has 1 aromatic rings. The van der Waals surface area contributed by atoms with Gasteiger partial charge in [-0.2, -0.15) is 0 Å². The van der Waals surface area contributed by atoms with Crippen LogP contribution in [0.15, 0.2) is 29.3 Å². The van der Waals surface area contributed by atoms with Crippen LogP contribution in [0.3, 0.4) is 0 Å². The molecule has 0 unspecified atom stereocenters. The fraction of sp³-hybridized carbons (Fsp3) is 0.300. The van der Waals surface area contributed by atoms with Crippen LogP contribution >= 0.6 is 0 Å². The number of aliphatic hydroxyl groups is 1. The van der Waals surface area contributed by atoms with Crippen LogP contribution in [-0.2, 0) is 11.2 Å². The van der Waals surface area contributed by atoms with Crippen LogP contribution in [-0.4, -0.2) is 39.5 Å². The summed E-state index contributed by atoms with van der Waals surface area (Å²) in [6.07, 6.45) is 4.53. The summed E-state index contributed by atoms with van der Waals surface area (Å²) in [4.78, 5) is 21.7. The molecule has 98 valence electrons. The first kappa shape index (κ1) is 13.7. The van der Waals surface area contributed by atoms with Gasteiger partial charge in [-0.15, -0.1) is 0 Å². The maximum absolute atomic E-state index is 11.0. The zero-order valence-corrected chi connectivity index (χ0v) is 9.71. The lowest BCUT2D eigenvalue weighted by Crippen LogP contribution is -2.30. The summed E-state index contributed by atoms with van der Waals surface area (Å²) in [5.74, 6) is -0.861. The van der Waals surface area contributed by atoms with Crippen molar-refractivity contribution in [3.05, 3.63) is 30.0 Å². The van der Waals surface area contributed by atoms with E-state index in [0.717, 1.165) is 11.9 Å². The van der Waals surface area contributed by atoms with Gasteiger partial charge in [0.25, 0.3) is 5.91 Å². The van der Waals surface area contributed by atoms with Gasteiger partial charge in [-0.1, -0.05) is 0 Å². The minimum atomic E-state index is -0.767. The molecule has 0 aliphatic heterocycles. The van der Waals surface area contributed by atoms with Gasteiger partial charge in [-0.25, -0.2) is 4.98 Å². The average Bonchev–Trinajstić information content (AvgIpc) is 2.81. The number of hydrogen-bond acceptors (Lipinski definition) is 5. The number of carbonyl (C=O) groups excluding carboxylic acids is 1. The van der Waals surface area contributed by atoms with Gasteiger partial charge in [-0.05, 0) is 0 Å². The SMILES string of the molecule is NC=C(C(N)=O)C(N)=N[C@H](CO)Cc1cnc[nH]1. The summed E-state index contributed by atoms with van der Waals surface area (Å²) in [6.45, 7) is -0.226. The number of nitrogens with one attached hydrogen (secondary N) is 1. The van der Waals surface area contributed by atoms with Crippen LogP contribution in [0.1, 0.15) is 5.69 Å². The standard InChI is InChI=1S/C10H16N6O2/c11-2-8(10(13)18)9(12)16-7(4-17)1-6-3-14-5-15-6/h2-3,5,7,17H,1,4,11H2,(H2,12,16)(H2,13,18)(H,14,15)/t7-/m0/s1. The Morgan fingerprint density at radius 1 is 1.61 bits per heavy atom. The third kappa shape index (κ3) is 3.59. The van der Waals surface area contributed by atoms with Gasteiger partial charge in [0, 0.05) is 24.5 Å². The van der Waals surface area contributed by atoms with Gasteiger partial charge < -0.3 is 27.3 Å². The van der Waals surface area contributed by atoms with Crippen LogP contribution < -0.4 is 17.2 Å². The van der Waals surface area contributed by atoms with Crippen molar-refractivity contribution in [2.24, 2.45) is 22.2 Å². The molecule has 8 nitrogen and oxygen atoms in total. The van der Waals surface area contributed by atoms with Crippen LogP contribution in [0.2, 0.25) is 0 Å². The summed E-state index contributed by atoms with van der Waals surface area (Å²) < 4.78 is 0. The van der Waals surface area contributed by atoms with Crippen LogP contribution in [0.5, 0.6) is 0 Å². The Kier molecular flexibility index (Phi) is 4.88. The molecule has 0 fully saturated rings. The number of imidazole rings is 1. The molecular formula is C10H16N6O2. The number of aliphatic imine (C=N–C) groups is 1. The van der Waals surface area contributed by atoms with E-state index in [-0.39, 0.29) is 18.0 Å². The second kappa shape index (κ2) is 6.40. The first-order chi connectivity index (χ1) is 8.58. The zero-order chi connectivity index (χ0) is 13.5. The number of amides is 1. The van der Waals surface area contributed by atoms with E-state index in [1.54, 1.807) is 6.20 Å². The molecule has 1 atom stereocenters. The van der Waals surface area contributed by atoms with Crippen molar-refractivity contribution < 1.29 is 9.90 Å². The molecule has 0 aliphatic rings. The van der Waals surface area contributed by atoms with Crippen LogP contribution in [0.25, 0.3) is 0 Å². The first-order valence-electron chi connectivity index (χ1n) is 5.22. The van der Waals surface area contributed by atoms with Gasteiger partial charge in [0.15, 0.2) is 0 Å². The summed E-state index contributed by atoms with van der Waals surface area (Å²) in [5, 5.41) is 9.20. The van der Waals surface area contributed by atoms with Crippen molar-refractivity contribution in [2.75, 3.05) is 6.61 Å². The lowest BCUT2D eigenvalue weighted by molar-refractivity contribution is -0.114. The van der Waals surface area contributed by atoms with E-state index in [0.29, 0.717) is 6.42 Å². The third-order valence-electron chi connectivity index (χ3n) is 2.25. The van der Waals surface area contributed by atoms with Gasteiger partial charge >= 0.3 is 0 Å². The number of amidine groups is 1. The largest absolute Gasteiger partial charge is 0.404 e. The second-order valence-corrected chi connectivity index (χ2v) is 3.58. The summed E-state index contributed by atoms with van der Waals surface area (Å²) >= 11 is 0. The number of carbonyl (C=O) groups is 1. The minimum absolute atomic E-state index is 0.0712. The molecule has 0 bridgehead atoms. The first-order valence-corrected chi connectivity index (χ1v) is 5.22. The Bertz CT molecular complexity index is 451. The number of hydrogen-bond donors (Lipinski definition) is 5. The van der Waals surface area contributed by atoms with E-state index >= 15 is 0 Å². The maximum atomic E-state index is 11.0. The molecular weight excluding hydrogens is 236 g/mol. The number of H-pyrrole nitrogens is 1. The number of primary amides is 1. The molecule has 18 heavy (non-hydrogen) atoms. The summed E-state index contributed by atoms with van der Waals surface area (Å²) in [6, 6.07) is -0.500. The third-order valence-corrected chi connectivity index (χ3v) is 2.25. The number of aromatic nitrogens is 2. The predicted molar refractivity (Wildman–Crippen MR) is 66.3 cm³/mol. The average molecular weight is 252 g/mol. The highest BCUT2D eigenvalue weighted by atomic mass is 16.3. The van der Waals surface area contributed by atoms with Crippen molar-refractivity contribution in [3.8, 4) is 0 Å². The molecule has 1 amide bonds. The van der Waals surface area contributed by atoms with E-state index < -0.39 is 11.9 Å². The molecule has 0 spiro atoms. The molecule has 0 radical (unpaired) electrons. The Labute approximate surface area is 104 Å². The van der Waals surface area contributed by atoms with Gasteiger partial charge in [0.05, 0.1) is 24.5 Å². The number of rotatable bonds is 6. The van der Waals surface area contributed by atoms with Gasteiger partial charge in [-0.3, -0.25) is 9.79 Å². The van der Waals surface area contributed by atoms with E-state index in [1.807, 2.05) is 0 Å². The van der Waals surface area contributed by atoms with Crippen LogP contribution in [0, 0.1) is 0 Å². The summed E-state index contributed by atoms with van der Waals surface area (Å²) in [5.41, 5.74) is 16.6. The summed E-state index contributed by atoms with van der Waals surface area (Å²) in [7, 11) is 0. The Morgan fingerprint density at radius 2 is 2.33 bits per heavy atom. The number of nitrogens with zero attached hydrogens (tertiary/aromatic N) is 2. The zero-order valence-electron chi connectivity index (χ0n) is 9.71. The van der Waals surface area contributed by atoms with E-state index in [4.69, 9.17) is 17.2 Å². The minimum Gasteiger partial charge on any atom is -0.404 e. The molecule has 1 heterocycles. The second-order valence-electron chi connectivity index (χ2n) is 3.58. The van der Waals surface area contributed by atoms with Gasteiger partial charge in [0.1, 0.15) is 5.84 Å². The molecule has 0 saturated carbocycles. The van der Waals surface area contributed by atoms with Gasteiger partial charge in [0.2, 0.25) is 0 Å². The van der Waals surface area contributed by atoms with Crippen molar-refractivity contribution in [1.29, 1.82) is 0 Å². The highest BCUT2D eigenvalue weighted by molar-refractivity contribution is 6.19. The molecule has 0 saturated heterocycles. The molecule has 1 rings (SSSR count). The van der Waals surface area contributed by atoms with E-state index in [1.165, 1.54) is 6.33 Å².